The van der Waals surface area contributed by atoms with Crippen LogP contribution < -0.4 is 10.1 Å². The van der Waals surface area contributed by atoms with E-state index >= 15 is 0 Å². The normalized spacial score (nSPS) is 11.2. The first kappa shape index (κ1) is 16.4. The Morgan fingerprint density at radius 2 is 1.84 bits per heavy atom. The highest BCUT2D eigenvalue weighted by molar-refractivity contribution is 5.68. The zero-order valence-corrected chi connectivity index (χ0v) is 13.7. The van der Waals surface area contributed by atoms with Gasteiger partial charge in [-0.3, -0.25) is 0 Å². The van der Waals surface area contributed by atoms with E-state index in [1.807, 2.05) is 54.6 Å². The van der Waals surface area contributed by atoms with Gasteiger partial charge in [0.15, 0.2) is 0 Å². The van der Waals surface area contributed by atoms with E-state index in [9.17, 15) is 4.79 Å². The SMILES string of the molecule is COc1ccc(COC(=O)/N=c2\ccn(-c3ccccc3)nc2)cc1. The van der Waals surface area contributed by atoms with E-state index in [0.29, 0.717) is 5.36 Å². The number of benzene rings is 2. The Balaban J connectivity index is 1.62. The number of amides is 1. The lowest BCUT2D eigenvalue weighted by atomic mass is 10.2. The Morgan fingerprint density at radius 1 is 1.08 bits per heavy atom. The molecule has 0 spiro atoms. The van der Waals surface area contributed by atoms with Gasteiger partial charge in [-0.25, -0.2) is 9.48 Å². The molecule has 0 saturated carbocycles. The summed E-state index contributed by atoms with van der Waals surface area (Å²) in [5.74, 6) is 0.752. The van der Waals surface area contributed by atoms with E-state index in [2.05, 4.69) is 10.1 Å². The first-order valence-electron chi connectivity index (χ1n) is 7.69. The van der Waals surface area contributed by atoms with Crippen LogP contribution in [0.1, 0.15) is 5.56 Å². The predicted molar refractivity (Wildman–Crippen MR) is 92.3 cm³/mol. The van der Waals surface area contributed by atoms with Gasteiger partial charge in [0.1, 0.15) is 12.4 Å². The highest BCUT2D eigenvalue weighted by atomic mass is 16.5. The maximum absolute atomic E-state index is 11.8. The van der Waals surface area contributed by atoms with Crippen molar-refractivity contribution in [2.45, 2.75) is 6.61 Å². The first-order valence-corrected chi connectivity index (χ1v) is 7.69. The highest BCUT2D eigenvalue weighted by Gasteiger charge is 2.01. The molecule has 0 fully saturated rings. The number of methoxy groups -OCH3 is 1. The minimum Gasteiger partial charge on any atom is -0.497 e. The molecule has 6 heteroatoms. The van der Waals surface area contributed by atoms with Crippen LogP contribution in [-0.4, -0.2) is 23.0 Å². The maximum Gasteiger partial charge on any atom is 0.434 e. The Hall–Kier alpha value is -3.41. The third-order valence-corrected chi connectivity index (χ3v) is 3.46. The van der Waals surface area contributed by atoms with E-state index in [-0.39, 0.29) is 6.61 Å². The third-order valence-electron chi connectivity index (χ3n) is 3.46. The molecule has 25 heavy (non-hydrogen) atoms. The smallest absolute Gasteiger partial charge is 0.434 e. The topological polar surface area (TPSA) is 65.7 Å². The molecular weight excluding hydrogens is 318 g/mol. The molecule has 1 heterocycles. The molecule has 0 aliphatic heterocycles. The van der Waals surface area contributed by atoms with E-state index < -0.39 is 6.09 Å². The lowest BCUT2D eigenvalue weighted by Crippen LogP contribution is -2.12. The molecule has 2 aromatic carbocycles. The van der Waals surface area contributed by atoms with Crippen LogP contribution in [0.5, 0.6) is 5.75 Å². The van der Waals surface area contributed by atoms with Gasteiger partial charge < -0.3 is 9.47 Å². The van der Waals surface area contributed by atoms with Crippen molar-refractivity contribution in [3.63, 3.8) is 0 Å². The summed E-state index contributed by atoms with van der Waals surface area (Å²) in [6.45, 7) is 0.149. The number of aromatic nitrogens is 2. The van der Waals surface area contributed by atoms with Gasteiger partial charge in [0, 0.05) is 6.20 Å². The number of ether oxygens (including phenoxy) is 2. The van der Waals surface area contributed by atoms with Crippen molar-refractivity contribution in [1.29, 1.82) is 0 Å². The Labute approximate surface area is 145 Å². The fourth-order valence-corrected chi connectivity index (χ4v) is 2.15. The van der Waals surface area contributed by atoms with Gasteiger partial charge in [-0.1, -0.05) is 30.3 Å². The van der Waals surface area contributed by atoms with Crippen LogP contribution in [0.2, 0.25) is 0 Å². The molecule has 0 atom stereocenters. The minimum absolute atomic E-state index is 0.149. The van der Waals surface area contributed by atoms with E-state index in [4.69, 9.17) is 9.47 Å². The highest BCUT2D eigenvalue weighted by Crippen LogP contribution is 2.12. The number of rotatable bonds is 4. The van der Waals surface area contributed by atoms with Gasteiger partial charge in [-0.2, -0.15) is 10.1 Å². The van der Waals surface area contributed by atoms with Gasteiger partial charge in [0.05, 0.1) is 24.4 Å². The van der Waals surface area contributed by atoms with E-state index in [0.717, 1.165) is 17.0 Å². The zero-order chi connectivity index (χ0) is 17.5. The second-order valence-electron chi connectivity index (χ2n) is 5.18. The number of carbonyl (C=O) groups is 1. The maximum atomic E-state index is 11.8. The largest absolute Gasteiger partial charge is 0.497 e. The zero-order valence-electron chi connectivity index (χ0n) is 13.7. The summed E-state index contributed by atoms with van der Waals surface area (Å²) in [6, 6.07) is 18.7. The average Bonchev–Trinajstić information content (AvgIpc) is 2.68. The number of hydrogen-bond acceptors (Lipinski definition) is 4. The molecular formula is C19H17N3O3. The van der Waals surface area contributed by atoms with Crippen molar-refractivity contribution in [1.82, 2.24) is 9.78 Å². The van der Waals surface area contributed by atoms with Crippen LogP contribution in [0.3, 0.4) is 0 Å². The molecule has 0 aliphatic rings. The number of nitrogens with zero attached hydrogens (tertiary/aromatic N) is 3. The van der Waals surface area contributed by atoms with Crippen molar-refractivity contribution in [2.24, 2.45) is 4.99 Å². The van der Waals surface area contributed by atoms with Crippen LogP contribution in [0, 0.1) is 0 Å². The quantitative estimate of drug-likeness (QED) is 0.735. The average molecular weight is 335 g/mol. The summed E-state index contributed by atoms with van der Waals surface area (Å²) in [6.07, 6.45) is 2.60. The van der Waals surface area contributed by atoms with Crippen molar-refractivity contribution < 1.29 is 14.3 Å². The standard InChI is InChI=1S/C19H17N3O3/c1-24-18-9-7-15(8-10-18)14-25-19(23)21-16-11-12-22(20-13-16)17-5-3-2-4-6-17/h2-13H,14H2,1H3/b21-16+. The molecule has 3 rings (SSSR count). The molecule has 0 bridgehead atoms. The van der Waals surface area contributed by atoms with Crippen LogP contribution in [0.15, 0.2) is 78.0 Å². The molecule has 0 N–H and O–H groups in total. The van der Waals surface area contributed by atoms with E-state index in [1.165, 1.54) is 6.20 Å². The summed E-state index contributed by atoms with van der Waals surface area (Å²) < 4.78 is 11.9. The molecule has 126 valence electrons. The van der Waals surface area contributed by atoms with Crippen molar-refractivity contribution in [3.05, 3.63) is 84.0 Å². The van der Waals surface area contributed by atoms with Crippen LogP contribution in [-0.2, 0) is 11.3 Å². The number of hydrogen-bond donors (Lipinski definition) is 0. The van der Waals surface area contributed by atoms with Crippen molar-refractivity contribution in [3.8, 4) is 11.4 Å². The Bertz CT molecular complexity index is 883. The lowest BCUT2D eigenvalue weighted by molar-refractivity contribution is 0.150. The summed E-state index contributed by atoms with van der Waals surface area (Å²) in [5.41, 5.74) is 1.79. The molecule has 0 unspecified atom stereocenters. The summed E-state index contributed by atoms with van der Waals surface area (Å²) >= 11 is 0. The summed E-state index contributed by atoms with van der Waals surface area (Å²) in [5, 5.41) is 4.68. The molecule has 0 saturated heterocycles. The summed E-state index contributed by atoms with van der Waals surface area (Å²) in [7, 11) is 1.60. The third kappa shape index (κ3) is 4.54. The van der Waals surface area contributed by atoms with Crippen LogP contribution >= 0.6 is 0 Å². The molecule has 1 aromatic heterocycles. The van der Waals surface area contributed by atoms with Crippen molar-refractivity contribution >= 4 is 6.09 Å². The number of carbonyl (C=O) groups excluding carboxylic acids is 1. The van der Waals surface area contributed by atoms with Gasteiger partial charge in [0.25, 0.3) is 0 Å². The fourth-order valence-electron chi connectivity index (χ4n) is 2.15. The van der Waals surface area contributed by atoms with Gasteiger partial charge in [-0.15, -0.1) is 0 Å². The lowest BCUT2D eigenvalue weighted by Gasteiger charge is -2.04. The van der Waals surface area contributed by atoms with E-state index in [1.54, 1.807) is 24.1 Å². The van der Waals surface area contributed by atoms with Crippen LogP contribution in [0.4, 0.5) is 4.79 Å². The molecule has 0 aliphatic carbocycles. The van der Waals surface area contributed by atoms with Gasteiger partial charge in [0.2, 0.25) is 0 Å². The minimum atomic E-state index is -0.657. The molecule has 1 amide bonds. The van der Waals surface area contributed by atoms with Gasteiger partial charge in [-0.05, 0) is 35.9 Å². The number of para-hydroxylation sites is 1. The Morgan fingerprint density at radius 3 is 2.48 bits per heavy atom. The molecule has 3 aromatic rings. The molecule has 0 radical (unpaired) electrons. The monoisotopic (exact) mass is 335 g/mol. The Kier molecular flexibility index (Phi) is 5.21. The first-order chi connectivity index (χ1) is 12.2. The van der Waals surface area contributed by atoms with Gasteiger partial charge >= 0.3 is 6.09 Å². The fraction of sp³-hybridized carbons (Fsp3) is 0.105. The summed E-state index contributed by atoms with van der Waals surface area (Å²) in [4.78, 5) is 15.7. The second kappa shape index (κ2) is 7.92. The molecule has 6 nitrogen and oxygen atoms in total. The van der Waals surface area contributed by atoms with Crippen LogP contribution in [0.25, 0.3) is 5.69 Å². The second-order valence-corrected chi connectivity index (χ2v) is 5.18. The van der Waals surface area contributed by atoms with Crippen molar-refractivity contribution in [2.75, 3.05) is 7.11 Å². The predicted octanol–water partition coefficient (Wildman–Crippen LogP) is 3.12.